The molecule has 0 aliphatic heterocycles. The fraction of sp³-hybridized carbons (Fsp3) is 0.524. The highest BCUT2D eigenvalue weighted by molar-refractivity contribution is 5.92. The van der Waals surface area contributed by atoms with E-state index in [0.29, 0.717) is 6.42 Å². The van der Waals surface area contributed by atoms with E-state index in [9.17, 15) is 29.4 Å². The molecule has 172 valence electrons. The molecule has 5 unspecified atom stereocenters. The van der Waals surface area contributed by atoms with Crippen LogP contribution >= 0.6 is 0 Å². The van der Waals surface area contributed by atoms with Gasteiger partial charge in [0.15, 0.2) is 0 Å². The van der Waals surface area contributed by atoms with E-state index < -0.39 is 54.5 Å². The van der Waals surface area contributed by atoms with E-state index >= 15 is 0 Å². The molecule has 5 atom stereocenters. The van der Waals surface area contributed by atoms with Crippen molar-refractivity contribution >= 4 is 23.7 Å². The number of benzene rings is 1. The van der Waals surface area contributed by atoms with Crippen LogP contribution in [0.25, 0.3) is 0 Å². The lowest BCUT2D eigenvalue weighted by Gasteiger charge is -2.23. The summed E-state index contributed by atoms with van der Waals surface area (Å²) in [5, 5.41) is 26.1. The fourth-order valence-corrected chi connectivity index (χ4v) is 2.74. The maximum absolute atomic E-state index is 12.7. The maximum Gasteiger partial charge on any atom is 0.326 e. The van der Waals surface area contributed by atoms with E-state index in [1.54, 1.807) is 37.3 Å². The molecule has 0 bridgehead atoms. The number of rotatable bonds is 12. The summed E-state index contributed by atoms with van der Waals surface area (Å²) in [6.07, 6.45) is -0.421. The lowest BCUT2D eigenvalue weighted by Crippen LogP contribution is -2.56. The van der Waals surface area contributed by atoms with Crippen LogP contribution < -0.4 is 21.7 Å². The van der Waals surface area contributed by atoms with Gasteiger partial charge in [-0.2, -0.15) is 0 Å². The molecule has 0 heterocycles. The molecule has 0 saturated heterocycles. The van der Waals surface area contributed by atoms with Crippen molar-refractivity contribution in [1.82, 2.24) is 16.0 Å². The zero-order valence-electron chi connectivity index (χ0n) is 18.0. The number of hydrogen-bond acceptors (Lipinski definition) is 6. The number of hydrogen-bond donors (Lipinski definition) is 6. The number of nitrogens with one attached hydrogen (secondary N) is 3. The van der Waals surface area contributed by atoms with Gasteiger partial charge in [-0.25, -0.2) is 4.79 Å². The van der Waals surface area contributed by atoms with E-state index in [0.717, 1.165) is 5.56 Å². The predicted molar refractivity (Wildman–Crippen MR) is 114 cm³/mol. The number of carbonyl (C=O) groups is 4. The van der Waals surface area contributed by atoms with Crippen molar-refractivity contribution in [3.05, 3.63) is 35.9 Å². The van der Waals surface area contributed by atoms with Crippen molar-refractivity contribution < 1.29 is 29.4 Å². The Kier molecular flexibility index (Phi) is 10.6. The van der Waals surface area contributed by atoms with Gasteiger partial charge in [-0.05, 0) is 18.4 Å². The summed E-state index contributed by atoms with van der Waals surface area (Å²) >= 11 is 0. The highest BCUT2D eigenvalue weighted by Crippen LogP contribution is 2.08. The van der Waals surface area contributed by atoms with Crippen LogP contribution in [0.5, 0.6) is 0 Å². The second kappa shape index (κ2) is 12.7. The molecule has 0 aromatic heterocycles. The quantitative estimate of drug-likeness (QED) is 0.248. The van der Waals surface area contributed by atoms with Crippen molar-refractivity contribution in [2.45, 2.75) is 57.8 Å². The summed E-state index contributed by atoms with van der Waals surface area (Å²) in [7, 11) is 0. The van der Waals surface area contributed by atoms with E-state index in [2.05, 4.69) is 16.0 Å². The number of amides is 3. The van der Waals surface area contributed by atoms with Gasteiger partial charge in [-0.15, -0.1) is 0 Å². The maximum atomic E-state index is 12.7. The second-order valence-corrected chi connectivity index (χ2v) is 7.50. The predicted octanol–water partition coefficient (Wildman–Crippen LogP) is -0.846. The van der Waals surface area contributed by atoms with Gasteiger partial charge in [0.2, 0.25) is 17.7 Å². The average Bonchev–Trinajstić information content (AvgIpc) is 2.74. The van der Waals surface area contributed by atoms with E-state index in [1.807, 2.05) is 6.92 Å². The normalized spacial score (nSPS) is 15.6. The van der Waals surface area contributed by atoms with Crippen molar-refractivity contribution in [2.75, 3.05) is 6.54 Å². The first kappa shape index (κ1) is 26.1. The van der Waals surface area contributed by atoms with Crippen LogP contribution in [-0.2, 0) is 25.6 Å². The van der Waals surface area contributed by atoms with Crippen molar-refractivity contribution in [3.63, 3.8) is 0 Å². The van der Waals surface area contributed by atoms with Crippen LogP contribution in [0.1, 0.15) is 32.8 Å². The minimum Gasteiger partial charge on any atom is -0.480 e. The van der Waals surface area contributed by atoms with Gasteiger partial charge in [-0.3, -0.25) is 14.4 Å². The summed E-state index contributed by atoms with van der Waals surface area (Å²) in [6.45, 7) is 4.41. The number of aliphatic carboxylic acids is 1. The molecule has 1 aromatic rings. The van der Waals surface area contributed by atoms with Crippen LogP contribution in [0, 0.1) is 5.92 Å². The number of nitrogens with two attached hydrogens (primary N) is 1. The molecule has 10 heteroatoms. The molecule has 3 amide bonds. The number of aliphatic hydroxyl groups excluding tert-OH is 1. The Balaban J connectivity index is 2.81. The fourth-order valence-electron chi connectivity index (χ4n) is 2.74. The number of aliphatic hydroxyl groups is 1. The Morgan fingerprint density at radius 3 is 2.16 bits per heavy atom. The van der Waals surface area contributed by atoms with E-state index in [-0.39, 0.29) is 12.3 Å². The number of carbonyl (C=O) groups excluding carboxylic acids is 3. The first-order valence-electron chi connectivity index (χ1n) is 10.1. The summed E-state index contributed by atoms with van der Waals surface area (Å²) in [6, 6.07) is 5.58. The lowest BCUT2D eigenvalue weighted by molar-refractivity contribution is -0.143. The Labute approximate surface area is 181 Å². The Morgan fingerprint density at radius 1 is 1.03 bits per heavy atom. The molecule has 31 heavy (non-hydrogen) atoms. The highest BCUT2D eigenvalue weighted by atomic mass is 16.4. The summed E-state index contributed by atoms with van der Waals surface area (Å²) < 4.78 is 0. The molecule has 10 nitrogen and oxygen atoms in total. The van der Waals surface area contributed by atoms with Crippen molar-refractivity contribution in [2.24, 2.45) is 11.7 Å². The third-order valence-corrected chi connectivity index (χ3v) is 4.96. The van der Waals surface area contributed by atoms with Gasteiger partial charge in [0.1, 0.15) is 18.1 Å². The largest absolute Gasteiger partial charge is 0.480 e. The van der Waals surface area contributed by atoms with Gasteiger partial charge in [0, 0.05) is 6.42 Å². The van der Waals surface area contributed by atoms with Crippen molar-refractivity contribution in [1.29, 1.82) is 0 Å². The van der Waals surface area contributed by atoms with Crippen LogP contribution in [0.4, 0.5) is 0 Å². The molecule has 7 N–H and O–H groups in total. The van der Waals surface area contributed by atoms with Gasteiger partial charge < -0.3 is 31.9 Å². The Morgan fingerprint density at radius 2 is 1.65 bits per heavy atom. The molecular formula is C21H32N4O6. The molecule has 0 fully saturated rings. The molecule has 1 rings (SSSR count). The summed E-state index contributed by atoms with van der Waals surface area (Å²) in [5.74, 6) is -3.45. The molecule has 0 aliphatic carbocycles. The molecule has 1 aromatic carbocycles. The molecule has 0 aliphatic rings. The van der Waals surface area contributed by atoms with Crippen LogP contribution in [-0.4, -0.2) is 64.7 Å². The lowest BCUT2D eigenvalue weighted by atomic mass is 9.99. The molecule has 0 radical (unpaired) electrons. The minimum atomic E-state index is -1.22. The number of carboxylic acids is 1. The zero-order valence-corrected chi connectivity index (χ0v) is 18.0. The first-order valence-corrected chi connectivity index (χ1v) is 10.1. The van der Waals surface area contributed by atoms with Crippen LogP contribution in [0.2, 0.25) is 0 Å². The molecule has 0 spiro atoms. The molecule has 0 saturated carbocycles. The van der Waals surface area contributed by atoms with Gasteiger partial charge in [-0.1, -0.05) is 50.6 Å². The molecular weight excluding hydrogens is 404 g/mol. The zero-order chi connectivity index (χ0) is 23.6. The minimum absolute atomic E-state index is 0.136. The van der Waals surface area contributed by atoms with Crippen LogP contribution in [0.3, 0.4) is 0 Å². The van der Waals surface area contributed by atoms with Crippen molar-refractivity contribution in [3.8, 4) is 0 Å². The Bertz CT molecular complexity index is 755. The monoisotopic (exact) mass is 436 g/mol. The van der Waals surface area contributed by atoms with Gasteiger partial charge >= 0.3 is 5.97 Å². The third-order valence-electron chi connectivity index (χ3n) is 4.96. The standard InChI is InChI=1S/C21H32N4O6/c1-4-12(2)18(21(30)31)25-16(27)11-23-19(28)15(10-14-8-6-5-7-9-14)24-20(29)17(22)13(3)26/h5-9,12-13,15,17-18,26H,4,10-11,22H2,1-3H3,(H,23,28)(H,24,29)(H,25,27)(H,30,31). The first-order chi connectivity index (χ1) is 14.6. The summed E-state index contributed by atoms with van der Waals surface area (Å²) in [4.78, 5) is 48.4. The topological polar surface area (TPSA) is 171 Å². The third kappa shape index (κ3) is 8.73. The van der Waals surface area contributed by atoms with E-state index in [4.69, 9.17) is 5.73 Å². The smallest absolute Gasteiger partial charge is 0.326 e. The SMILES string of the molecule is CCC(C)C(NC(=O)CNC(=O)C(Cc1ccccc1)NC(=O)C(N)C(C)O)C(=O)O. The van der Waals surface area contributed by atoms with E-state index in [1.165, 1.54) is 6.92 Å². The second-order valence-electron chi connectivity index (χ2n) is 7.50. The summed E-state index contributed by atoms with van der Waals surface area (Å²) in [5.41, 5.74) is 6.40. The average molecular weight is 437 g/mol. The van der Waals surface area contributed by atoms with Gasteiger partial charge in [0.05, 0.1) is 12.6 Å². The highest BCUT2D eigenvalue weighted by Gasteiger charge is 2.28. The Hall–Kier alpha value is -2.98. The van der Waals surface area contributed by atoms with Gasteiger partial charge in [0.25, 0.3) is 0 Å². The number of carboxylic acid groups (broad SMARTS) is 1. The van der Waals surface area contributed by atoms with Crippen LogP contribution in [0.15, 0.2) is 30.3 Å².